The maximum absolute atomic E-state index is 5.70. The Hall–Kier alpha value is -1.44. The second kappa shape index (κ2) is 5.05. The number of nitrogens with two attached hydrogens (primary N) is 1. The van der Waals surface area contributed by atoms with Crippen LogP contribution in [0.4, 0.5) is 0 Å². The highest BCUT2D eigenvalue weighted by Crippen LogP contribution is 2.33. The summed E-state index contributed by atoms with van der Waals surface area (Å²) in [5.41, 5.74) is 4.69. The van der Waals surface area contributed by atoms with Crippen LogP contribution in [0.2, 0.25) is 0 Å². The third-order valence-electron chi connectivity index (χ3n) is 2.81. The Morgan fingerprint density at radius 3 is 2.72 bits per heavy atom. The van der Waals surface area contributed by atoms with Crippen LogP contribution in [0.1, 0.15) is 27.3 Å². The third kappa shape index (κ3) is 2.12. The van der Waals surface area contributed by atoms with Gasteiger partial charge in [0.25, 0.3) is 0 Å². The van der Waals surface area contributed by atoms with Crippen LogP contribution in [-0.4, -0.2) is 21.9 Å². The molecule has 1 unspecified atom stereocenters. The molecule has 7 heteroatoms. The van der Waals surface area contributed by atoms with Crippen LogP contribution in [0.25, 0.3) is 0 Å². The molecule has 18 heavy (non-hydrogen) atoms. The molecule has 2 aromatic rings. The van der Waals surface area contributed by atoms with Gasteiger partial charge < -0.3 is 4.74 Å². The van der Waals surface area contributed by atoms with Crippen molar-refractivity contribution >= 4 is 11.3 Å². The molecule has 0 aliphatic carbocycles. The van der Waals surface area contributed by atoms with Crippen molar-refractivity contribution in [3.8, 4) is 5.75 Å². The van der Waals surface area contributed by atoms with E-state index in [9.17, 15) is 0 Å². The molecule has 2 aromatic heterocycles. The smallest absolute Gasteiger partial charge is 0.162 e. The summed E-state index contributed by atoms with van der Waals surface area (Å²) in [7, 11) is 3.49. The predicted molar refractivity (Wildman–Crippen MR) is 70.5 cm³/mol. The van der Waals surface area contributed by atoms with Crippen molar-refractivity contribution in [2.45, 2.75) is 19.9 Å². The summed E-state index contributed by atoms with van der Waals surface area (Å²) in [6.07, 6.45) is 1.68. The first-order valence-corrected chi connectivity index (χ1v) is 6.36. The Balaban J connectivity index is 2.51. The quantitative estimate of drug-likeness (QED) is 0.639. The first-order chi connectivity index (χ1) is 8.58. The van der Waals surface area contributed by atoms with Crippen molar-refractivity contribution in [1.29, 1.82) is 0 Å². The summed E-state index contributed by atoms with van der Waals surface area (Å²) >= 11 is 1.62. The van der Waals surface area contributed by atoms with Crippen molar-refractivity contribution < 1.29 is 4.74 Å². The molecule has 1 atom stereocenters. The molecule has 0 radical (unpaired) electrons. The Labute approximate surface area is 110 Å². The summed E-state index contributed by atoms with van der Waals surface area (Å²) < 4.78 is 7.08. The maximum Gasteiger partial charge on any atom is 0.162 e. The lowest BCUT2D eigenvalue weighted by molar-refractivity contribution is 0.401. The summed E-state index contributed by atoms with van der Waals surface area (Å²) in [5.74, 6) is 6.41. The van der Waals surface area contributed by atoms with Crippen LogP contribution in [0.5, 0.6) is 5.75 Å². The van der Waals surface area contributed by atoms with Gasteiger partial charge in [-0.1, -0.05) is 0 Å². The number of rotatable bonds is 4. The van der Waals surface area contributed by atoms with E-state index in [-0.39, 0.29) is 6.04 Å². The summed E-state index contributed by atoms with van der Waals surface area (Å²) in [6, 6.07) is -0.168. The van der Waals surface area contributed by atoms with Gasteiger partial charge in [-0.15, -0.1) is 11.3 Å². The summed E-state index contributed by atoms with van der Waals surface area (Å²) in [4.78, 5) is 5.51. The fraction of sp³-hybridized carbons (Fsp3) is 0.455. The standard InChI is InChI=1S/C11H17N5OS/c1-6-11(18-7(2)14-6)9(15-12)10-8(17-4)5-13-16(10)3/h5,9,15H,12H2,1-4H3. The number of hydrazine groups is 1. The first kappa shape index (κ1) is 13.0. The highest BCUT2D eigenvalue weighted by molar-refractivity contribution is 7.11. The molecule has 0 saturated carbocycles. The molecule has 0 fully saturated rings. The number of thiazole rings is 1. The van der Waals surface area contributed by atoms with E-state index in [0.29, 0.717) is 5.75 Å². The Kier molecular flexibility index (Phi) is 3.65. The lowest BCUT2D eigenvalue weighted by Crippen LogP contribution is -2.30. The molecule has 2 heterocycles. The van der Waals surface area contributed by atoms with Crippen molar-refractivity contribution in [2.24, 2.45) is 12.9 Å². The second-order valence-corrected chi connectivity index (χ2v) is 5.24. The zero-order valence-electron chi connectivity index (χ0n) is 10.9. The monoisotopic (exact) mass is 267 g/mol. The fourth-order valence-corrected chi connectivity index (χ4v) is 3.00. The lowest BCUT2D eigenvalue weighted by atomic mass is 10.1. The number of hydrogen-bond acceptors (Lipinski definition) is 6. The van der Waals surface area contributed by atoms with Gasteiger partial charge in [0.15, 0.2) is 5.75 Å². The third-order valence-corrected chi connectivity index (χ3v) is 3.95. The van der Waals surface area contributed by atoms with Crippen LogP contribution in [0, 0.1) is 13.8 Å². The molecular formula is C11H17N5OS. The van der Waals surface area contributed by atoms with Gasteiger partial charge in [-0.2, -0.15) is 5.10 Å². The molecule has 6 nitrogen and oxygen atoms in total. The molecule has 0 bridgehead atoms. The molecule has 0 spiro atoms. The van der Waals surface area contributed by atoms with Gasteiger partial charge in [0, 0.05) is 7.05 Å². The molecule has 2 rings (SSSR count). The van der Waals surface area contributed by atoms with Gasteiger partial charge in [0.2, 0.25) is 0 Å². The van der Waals surface area contributed by atoms with Crippen molar-refractivity contribution in [3.05, 3.63) is 27.5 Å². The molecule has 0 aliphatic rings. The topological polar surface area (TPSA) is 78.0 Å². The van der Waals surface area contributed by atoms with Crippen molar-refractivity contribution in [2.75, 3.05) is 7.11 Å². The largest absolute Gasteiger partial charge is 0.493 e. The fourth-order valence-electron chi connectivity index (χ4n) is 2.01. The average Bonchev–Trinajstić information content (AvgIpc) is 2.85. The van der Waals surface area contributed by atoms with E-state index in [1.165, 1.54) is 0 Å². The van der Waals surface area contributed by atoms with Crippen LogP contribution < -0.4 is 16.0 Å². The maximum atomic E-state index is 5.70. The van der Waals surface area contributed by atoms with E-state index in [2.05, 4.69) is 15.5 Å². The van der Waals surface area contributed by atoms with Crippen molar-refractivity contribution in [3.63, 3.8) is 0 Å². The lowest BCUT2D eigenvalue weighted by Gasteiger charge is -2.16. The van der Waals surface area contributed by atoms with E-state index >= 15 is 0 Å². The summed E-state index contributed by atoms with van der Waals surface area (Å²) in [6.45, 7) is 3.96. The highest BCUT2D eigenvalue weighted by Gasteiger charge is 2.25. The van der Waals surface area contributed by atoms with Crippen molar-refractivity contribution in [1.82, 2.24) is 20.2 Å². The minimum Gasteiger partial charge on any atom is -0.493 e. The molecule has 3 N–H and O–H groups in total. The molecule has 0 aromatic carbocycles. The first-order valence-electron chi connectivity index (χ1n) is 5.54. The van der Waals surface area contributed by atoms with Crippen LogP contribution in [-0.2, 0) is 7.05 Å². The molecule has 0 amide bonds. The van der Waals surface area contributed by atoms with Gasteiger partial charge in [0.05, 0.1) is 28.9 Å². The van der Waals surface area contributed by atoms with E-state index in [4.69, 9.17) is 10.6 Å². The van der Waals surface area contributed by atoms with E-state index in [0.717, 1.165) is 21.3 Å². The van der Waals surface area contributed by atoms with Gasteiger partial charge in [-0.05, 0) is 13.8 Å². The van der Waals surface area contributed by atoms with Gasteiger partial charge in [-0.25, -0.2) is 10.4 Å². The van der Waals surface area contributed by atoms with E-state index in [1.807, 2.05) is 20.9 Å². The SMILES string of the molecule is COc1cnn(C)c1C(NN)c1sc(C)nc1C. The zero-order chi connectivity index (χ0) is 13.3. The summed E-state index contributed by atoms with van der Waals surface area (Å²) in [5, 5.41) is 5.22. The van der Waals surface area contributed by atoms with Crippen LogP contribution in [0.3, 0.4) is 0 Å². The average molecular weight is 267 g/mol. The number of aryl methyl sites for hydroxylation is 3. The van der Waals surface area contributed by atoms with Crippen LogP contribution >= 0.6 is 11.3 Å². The Morgan fingerprint density at radius 1 is 1.50 bits per heavy atom. The predicted octanol–water partition coefficient (Wildman–Crippen LogP) is 1.05. The molecule has 0 aliphatic heterocycles. The van der Waals surface area contributed by atoms with E-state index < -0.39 is 0 Å². The van der Waals surface area contributed by atoms with Gasteiger partial charge in [0.1, 0.15) is 11.7 Å². The Morgan fingerprint density at radius 2 is 2.22 bits per heavy atom. The minimum absolute atomic E-state index is 0.168. The number of nitrogens with one attached hydrogen (secondary N) is 1. The number of methoxy groups -OCH3 is 1. The Bertz CT molecular complexity index is 548. The minimum atomic E-state index is -0.168. The number of hydrogen-bond donors (Lipinski definition) is 2. The van der Waals surface area contributed by atoms with Gasteiger partial charge in [-0.3, -0.25) is 10.5 Å². The molecular weight excluding hydrogens is 250 g/mol. The highest BCUT2D eigenvalue weighted by atomic mass is 32.1. The molecule has 0 saturated heterocycles. The zero-order valence-corrected chi connectivity index (χ0v) is 11.7. The normalized spacial score (nSPS) is 12.7. The van der Waals surface area contributed by atoms with Gasteiger partial charge >= 0.3 is 0 Å². The molecule has 98 valence electrons. The number of ether oxygens (including phenoxy) is 1. The van der Waals surface area contributed by atoms with E-state index in [1.54, 1.807) is 29.3 Å². The number of nitrogens with zero attached hydrogens (tertiary/aromatic N) is 3. The van der Waals surface area contributed by atoms with Crippen LogP contribution in [0.15, 0.2) is 6.20 Å². The number of aromatic nitrogens is 3. The second-order valence-electron chi connectivity index (χ2n) is 4.00.